The van der Waals surface area contributed by atoms with Crippen molar-refractivity contribution in [1.82, 2.24) is 9.78 Å². The fourth-order valence-corrected chi connectivity index (χ4v) is 1.71. The molecule has 0 aliphatic heterocycles. The van der Waals surface area contributed by atoms with Gasteiger partial charge in [-0.2, -0.15) is 9.78 Å². The molecule has 1 N–H and O–H groups in total. The summed E-state index contributed by atoms with van der Waals surface area (Å²) >= 11 is 0. The summed E-state index contributed by atoms with van der Waals surface area (Å²) in [6.07, 6.45) is 0. The third-order valence-electron chi connectivity index (χ3n) is 2.70. The molecule has 1 aromatic heterocycles. The maximum absolute atomic E-state index is 11.9. The van der Waals surface area contributed by atoms with Crippen LogP contribution in [0.1, 0.15) is 11.3 Å². The molecule has 0 saturated heterocycles. The van der Waals surface area contributed by atoms with E-state index in [1.165, 1.54) is 24.3 Å². The van der Waals surface area contributed by atoms with Crippen LogP contribution in [-0.4, -0.2) is 19.8 Å². The number of nitrogens with zero attached hydrogens (tertiary/aromatic N) is 3. The average Bonchev–Trinajstić information content (AvgIpc) is 2.40. The summed E-state index contributed by atoms with van der Waals surface area (Å²) < 4.78 is 0.965. The van der Waals surface area contributed by atoms with Gasteiger partial charge in [0.2, 0.25) is 0 Å². The number of hydrogen-bond donors (Lipinski definition) is 1. The number of aliphatic hydroxyl groups is 1. The van der Waals surface area contributed by atoms with Crippen LogP contribution in [0.25, 0.3) is 5.69 Å². The molecule has 2 aromatic rings. The van der Waals surface area contributed by atoms with Crippen LogP contribution in [0, 0.1) is 17.0 Å². The molecular formula is C12H11N3O4. The molecule has 0 amide bonds. The summed E-state index contributed by atoms with van der Waals surface area (Å²) in [5.74, 6) is 0. The maximum Gasteiger partial charge on any atom is 0.295 e. The van der Waals surface area contributed by atoms with Gasteiger partial charge >= 0.3 is 0 Å². The number of aryl methyl sites for hydroxylation is 1. The second kappa shape index (κ2) is 4.99. The lowest BCUT2D eigenvalue weighted by Crippen LogP contribution is -2.23. The first-order valence-corrected chi connectivity index (χ1v) is 5.49. The Kier molecular flexibility index (Phi) is 3.39. The number of nitro benzene ring substituents is 1. The van der Waals surface area contributed by atoms with Gasteiger partial charge in [-0.25, -0.2) is 0 Å². The van der Waals surface area contributed by atoms with Crippen molar-refractivity contribution >= 4 is 5.69 Å². The molecule has 0 fully saturated rings. The number of aliphatic hydroxyl groups excluding tert-OH is 1. The Morgan fingerprint density at radius 1 is 1.42 bits per heavy atom. The summed E-state index contributed by atoms with van der Waals surface area (Å²) in [5.41, 5.74) is 0.224. The van der Waals surface area contributed by atoms with Gasteiger partial charge in [-0.1, -0.05) is 12.1 Å². The Labute approximate surface area is 107 Å². The van der Waals surface area contributed by atoms with Gasteiger partial charge in [0, 0.05) is 17.7 Å². The summed E-state index contributed by atoms with van der Waals surface area (Å²) in [6.45, 7) is 1.32. The molecule has 0 atom stereocenters. The van der Waals surface area contributed by atoms with Crippen molar-refractivity contribution in [2.24, 2.45) is 0 Å². The van der Waals surface area contributed by atoms with Gasteiger partial charge < -0.3 is 5.11 Å². The Morgan fingerprint density at radius 3 is 2.74 bits per heavy atom. The van der Waals surface area contributed by atoms with Crippen LogP contribution < -0.4 is 5.56 Å². The molecule has 1 aromatic carbocycles. The topological polar surface area (TPSA) is 98.3 Å². The highest BCUT2D eigenvalue weighted by Crippen LogP contribution is 2.20. The van der Waals surface area contributed by atoms with E-state index < -0.39 is 10.5 Å². The minimum absolute atomic E-state index is 0.102. The molecule has 0 unspecified atom stereocenters. The summed E-state index contributed by atoms with van der Waals surface area (Å²) in [7, 11) is 0. The number of hydrogen-bond acceptors (Lipinski definition) is 5. The minimum atomic E-state index is -0.571. The molecule has 0 spiro atoms. The fourth-order valence-electron chi connectivity index (χ4n) is 1.71. The second-order valence-corrected chi connectivity index (χ2v) is 3.91. The van der Waals surface area contributed by atoms with Crippen molar-refractivity contribution < 1.29 is 10.0 Å². The molecule has 7 nitrogen and oxygen atoms in total. The van der Waals surface area contributed by atoms with Crippen LogP contribution in [0.5, 0.6) is 0 Å². The SMILES string of the molecule is Cc1nn(-c2ccccc2[N+](=O)[O-])c(=O)cc1CO. The predicted octanol–water partition coefficient (Wildman–Crippen LogP) is 0.941. The van der Waals surface area contributed by atoms with E-state index in [0.717, 1.165) is 4.68 Å². The number of rotatable bonds is 3. The summed E-state index contributed by atoms with van der Waals surface area (Å²) in [6, 6.07) is 7.08. The molecule has 0 aliphatic rings. The van der Waals surface area contributed by atoms with Crippen molar-refractivity contribution in [1.29, 1.82) is 0 Å². The van der Waals surface area contributed by atoms with Gasteiger partial charge in [-0.3, -0.25) is 14.9 Å². The van der Waals surface area contributed by atoms with Crippen molar-refractivity contribution in [3.8, 4) is 5.69 Å². The zero-order chi connectivity index (χ0) is 14.0. The molecular weight excluding hydrogens is 250 g/mol. The Morgan fingerprint density at radius 2 is 2.11 bits per heavy atom. The Balaban J connectivity index is 2.70. The zero-order valence-corrected chi connectivity index (χ0v) is 10.1. The van der Waals surface area contributed by atoms with Crippen LogP contribution in [0.2, 0.25) is 0 Å². The highest BCUT2D eigenvalue weighted by molar-refractivity contribution is 5.51. The molecule has 98 valence electrons. The van der Waals surface area contributed by atoms with Crippen LogP contribution in [-0.2, 0) is 6.61 Å². The normalized spacial score (nSPS) is 10.4. The number of benzene rings is 1. The van der Waals surface area contributed by atoms with E-state index >= 15 is 0 Å². The molecule has 0 radical (unpaired) electrons. The predicted molar refractivity (Wildman–Crippen MR) is 67.1 cm³/mol. The van der Waals surface area contributed by atoms with E-state index in [4.69, 9.17) is 5.11 Å². The third kappa shape index (κ3) is 2.36. The van der Waals surface area contributed by atoms with Crippen LogP contribution in [0.15, 0.2) is 35.1 Å². The van der Waals surface area contributed by atoms with Gasteiger partial charge in [0.1, 0.15) is 5.69 Å². The second-order valence-electron chi connectivity index (χ2n) is 3.91. The zero-order valence-electron chi connectivity index (χ0n) is 10.1. The minimum Gasteiger partial charge on any atom is -0.392 e. The lowest BCUT2D eigenvalue weighted by Gasteiger charge is -2.08. The summed E-state index contributed by atoms with van der Waals surface area (Å²) in [5, 5.41) is 24.0. The van der Waals surface area contributed by atoms with E-state index in [1.54, 1.807) is 13.0 Å². The number of nitro groups is 1. The van der Waals surface area contributed by atoms with Crippen molar-refractivity contribution in [2.75, 3.05) is 0 Å². The molecule has 7 heteroatoms. The van der Waals surface area contributed by atoms with Crippen molar-refractivity contribution in [3.05, 3.63) is 62.1 Å². The highest BCUT2D eigenvalue weighted by atomic mass is 16.6. The van der Waals surface area contributed by atoms with Crippen LogP contribution >= 0.6 is 0 Å². The van der Waals surface area contributed by atoms with E-state index in [9.17, 15) is 14.9 Å². The molecule has 2 rings (SSSR count). The molecule has 0 saturated carbocycles. The Hall–Kier alpha value is -2.54. The number of aromatic nitrogens is 2. The van der Waals surface area contributed by atoms with E-state index in [1.807, 2.05) is 0 Å². The third-order valence-corrected chi connectivity index (χ3v) is 2.70. The average molecular weight is 261 g/mol. The molecule has 0 bridgehead atoms. The fraction of sp³-hybridized carbons (Fsp3) is 0.167. The van der Waals surface area contributed by atoms with E-state index in [-0.39, 0.29) is 18.0 Å². The first-order chi connectivity index (χ1) is 9.04. The Bertz CT molecular complexity index is 694. The standard InChI is InChI=1S/C12H11N3O4/c1-8-9(7-16)6-12(17)14(13-8)10-4-2-3-5-11(10)15(18)19/h2-6,16H,7H2,1H3. The van der Waals surface area contributed by atoms with Crippen LogP contribution in [0.3, 0.4) is 0 Å². The van der Waals surface area contributed by atoms with Gasteiger partial charge in [-0.05, 0) is 13.0 Å². The monoisotopic (exact) mass is 261 g/mol. The molecule has 0 aliphatic carbocycles. The smallest absolute Gasteiger partial charge is 0.295 e. The van der Waals surface area contributed by atoms with Crippen molar-refractivity contribution in [3.63, 3.8) is 0 Å². The van der Waals surface area contributed by atoms with Gasteiger partial charge in [0.05, 0.1) is 17.2 Å². The number of para-hydroxylation sites is 2. The van der Waals surface area contributed by atoms with Crippen molar-refractivity contribution in [2.45, 2.75) is 13.5 Å². The largest absolute Gasteiger partial charge is 0.392 e. The lowest BCUT2D eigenvalue weighted by atomic mass is 10.2. The van der Waals surface area contributed by atoms with E-state index in [0.29, 0.717) is 11.3 Å². The molecule has 1 heterocycles. The van der Waals surface area contributed by atoms with E-state index in [2.05, 4.69) is 5.10 Å². The van der Waals surface area contributed by atoms with Gasteiger partial charge in [0.25, 0.3) is 11.2 Å². The summed E-state index contributed by atoms with van der Waals surface area (Å²) in [4.78, 5) is 22.3. The first-order valence-electron chi connectivity index (χ1n) is 5.49. The van der Waals surface area contributed by atoms with Gasteiger partial charge in [0.15, 0.2) is 0 Å². The maximum atomic E-state index is 11.9. The molecule has 19 heavy (non-hydrogen) atoms. The first kappa shape index (κ1) is 12.9. The van der Waals surface area contributed by atoms with Crippen LogP contribution in [0.4, 0.5) is 5.69 Å². The highest BCUT2D eigenvalue weighted by Gasteiger charge is 2.17. The van der Waals surface area contributed by atoms with Gasteiger partial charge in [-0.15, -0.1) is 0 Å². The quantitative estimate of drug-likeness (QED) is 0.655. The lowest BCUT2D eigenvalue weighted by molar-refractivity contribution is -0.384.